The van der Waals surface area contributed by atoms with Crippen molar-refractivity contribution >= 4 is 17.3 Å². The molecule has 188 valence electrons. The molecule has 6 nitrogen and oxygen atoms in total. The van der Waals surface area contributed by atoms with Gasteiger partial charge in [-0.2, -0.15) is 0 Å². The second-order valence-corrected chi connectivity index (χ2v) is 9.26. The van der Waals surface area contributed by atoms with E-state index in [0.29, 0.717) is 27.4 Å². The van der Waals surface area contributed by atoms with Gasteiger partial charge >= 0.3 is 0 Å². The Hall–Kier alpha value is -3.32. The van der Waals surface area contributed by atoms with E-state index in [1.54, 1.807) is 36.4 Å². The molecule has 1 aliphatic rings. The SMILES string of the molecule is C=C(/C(=N\OCc1ccc(O)cc1)c1ccccc1Cl)C(O)c1ccc(OC2CN(CCC)C2)cc1. The molecule has 0 saturated carbocycles. The number of hydrogen-bond donors (Lipinski definition) is 2. The Morgan fingerprint density at radius 1 is 1.08 bits per heavy atom. The van der Waals surface area contributed by atoms with Crippen LogP contribution in [0.15, 0.2) is 90.1 Å². The Kier molecular flexibility index (Phi) is 8.65. The maximum atomic E-state index is 11.1. The van der Waals surface area contributed by atoms with Crippen LogP contribution < -0.4 is 4.74 Å². The summed E-state index contributed by atoms with van der Waals surface area (Å²) in [5.74, 6) is 0.952. The Balaban J connectivity index is 1.46. The summed E-state index contributed by atoms with van der Waals surface area (Å²) in [6.07, 6.45) is 0.326. The van der Waals surface area contributed by atoms with Crippen LogP contribution in [0.25, 0.3) is 0 Å². The number of nitrogens with zero attached hydrogens (tertiary/aromatic N) is 2. The summed E-state index contributed by atoms with van der Waals surface area (Å²) in [5, 5.41) is 25.4. The fraction of sp³-hybridized carbons (Fsp3) is 0.276. The average Bonchev–Trinajstić information content (AvgIpc) is 2.87. The summed E-state index contributed by atoms with van der Waals surface area (Å²) < 4.78 is 6.03. The summed E-state index contributed by atoms with van der Waals surface area (Å²) in [6, 6.07) is 21.3. The number of aliphatic hydroxyl groups excluding tert-OH is 1. The summed E-state index contributed by atoms with van der Waals surface area (Å²) in [6.45, 7) is 9.45. The van der Waals surface area contributed by atoms with Gasteiger partial charge in [-0.15, -0.1) is 0 Å². The Labute approximate surface area is 217 Å². The Morgan fingerprint density at radius 2 is 1.78 bits per heavy atom. The topological polar surface area (TPSA) is 74.5 Å². The molecule has 4 rings (SSSR count). The maximum absolute atomic E-state index is 11.1. The van der Waals surface area contributed by atoms with Gasteiger partial charge in [0.15, 0.2) is 0 Å². The third kappa shape index (κ3) is 6.46. The molecule has 0 aromatic heterocycles. The Bertz CT molecular complexity index is 1190. The van der Waals surface area contributed by atoms with Gasteiger partial charge in [-0.05, 0) is 54.4 Å². The van der Waals surface area contributed by atoms with Gasteiger partial charge in [0, 0.05) is 24.2 Å². The summed E-state index contributed by atoms with van der Waals surface area (Å²) in [5.41, 5.74) is 2.82. The number of oxime groups is 1. The predicted octanol–water partition coefficient (Wildman–Crippen LogP) is 5.73. The van der Waals surface area contributed by atoms with E-state index in [1.165, 1.54) is 0 Å². The summed E-state index contributed by atoms with van der Waals surface area (Å²) >= 11 is 6.44. The Morgan fingerprint density at radius 3 is 2.44 bits per heavy atom. The molecular formula is C29H31ClN2O4. The van der Waals surface area contributed by atoms with E-state index in [-0.39, 0.29) is 18.5 Å². The average molecular weight is 507 g/mol. The highest BCUT2D eigenvalue weighted by molar-refractivity contribution is 6.35. The lowest BCUT2D eigenvalue weighted by molar-refractivity contribution is 0.0202. The third-order valence-electron chi connectivity index (χ3n) is 6.05. The van der Waals surface area contributed by atoms with Crippen LogP contribution in [0.2, 0.25) is 5.02 Å². The highest BCUT2D eigenvalue weighted by Crippen LogP contribution is 2.29. The molecule has 0 radical (unpaired) electrons. The van der Waals surface area contributed by atoms with E-state index in [4.69, 9.17) is 21.2 Å². The maximum Gasteiger partial charge on any atom is 0.142 e. The molecule has 1 fully saturated rings. The summed E-state index contributed by atoms with van der Waals surface area (Å²) in [7, 11) is 0. The van der Waals surface area contributed by atoms with Gasteiger partial charge in [0.05, 0.1) is 5.02 Å². The van der Waals surface area contributed by atoms with Crippen molar-refractivity contribution in [2.75, 3.05) is 19.6 Å². The van der Waals surface area contributed by atoms with Crippen LogP contribution in [0.3, 0.4) is 0 Å². The molecule has 1 unspecified atom stereocenters. The molecule has 3 aromatic carbocycles. The van der Waals surface area contributed by atoms with Crippen LogP contribution in [0.1, 0.15) is 36.1 Å². The van der Waals surface area contributed by atoms with Gasteiger partial charge in [0.25, 0.3) is 0 Å². The molecule has 2 N–H and O–H groups in total. The van der Waals surface area contributed by atoms with Crippen molar-refractivity contribution in [2.45, 2.75) is 32.2 Å². The van der Waals surface area contributed by atoms with Crippen molar-refractivity contribution in [1.82, 2.24) is 4.90 Å². The molecule has 36 heavy (non-hydrogen) atoms. The van der Waals surface area contributed by atoms with Gasteiger partial charge < -0.3 is 19.8 Å². The van der Waals surface area contributed by atoms with Gasteiger partial charge in [0.1, 0.15) is 36.0 Å². The van der Waals surface area contributed by atoms with Crippen LogP contribution in [-0.2, 0) is 11.4 Å². The molecule has 0 bridgehead atoms. The second-order valence-electron chi connectivity index (χ2n) is 8.86. The van der Waals surface area contributed by atoms with Crippen molar-refractivity contribution in [3.63, 3.8) is 0 Å². The first-order valence-electron chi connectivity index (χ1n) is 12.0. The van der Waals surface area contributed by atoms with Gasteiger partial charge in [-0.1, -0.05) is 72.7 Å². The molecule has 3 aromatic rings. The smallest absolute Gasteiger partial charge is 0.142 e. The largest absolute Gasteiger partial charge is 0.508 e. The number of hydrogen-bond acceptors (Lipinski definition) is 6. The molecule has 0 aliphatic carbocycles. The quantitative estimate of drug-likeness (QED) is 0.256. The zero-order valence-corrected chi connectivity index (χ0v) is 21.1. The normalized spacial score (nSPS) is 15.2. The monoisotopic (exact) mass is 506 g/mol. The van der Waals surface area contributed by atoms with Gasteiger partial charge in [0.2, 0.25) is 0 Å². The minimum absolute atomic E-state index is 0.179. The fourth-order valence-corrected chi connectivity index (χ4v) is 4.27. The zero-order valence-electron chi connectivity index (χ0n) is 20.3. The molecular weight excluding hydrogens is 476 g/mol. The first-order chi connectivity index (χ1) is 17.4. The van der Waals surface area contributed by atoms with Crippen LogP contribution in [0, 0.1) is 0 Å². The van der Waals surface area contributed by atoms with E-state index in [0.717, 1.165) is 37.4 Å². The number of phenolic OH excluding ortho intramolecular Hbond substituents is 1. The fourth-order valence-electron chi connectivity index (χ4n) is 4.05. The number of benzene rings is 3. The van der Waals surface area contributed by atoms with Crippen LogP contribution in [0.5, 0.6) is 11.5 Å². The number of aromatic hydroxyl groups is 1. The molecule has 0 spiro atoms. The minimum atomic E-state index is -1.02. The van der Waals surface area contributed by atoms with Crippen molar-refractivity contribution in [2.24, 2.45) is 5.16 Å². The second kappa shape index (κ2) is 12.1. The van der Waals surface area contributed by atoms with Crippen LogP contribution >= 0.6 is 11.6 Å². The highest BCUT2D eigenvalue weighted by atomic mass is 35.5. The first kappa shape index (κ1) is 25.8. The van der Waals surface area contributed by atoms with Crippen molar-refractivity contribution in [3.8, 4) is 11.5 Å². The first-order valence-corrected chi connectivity index (χ1v) is 12.4. The van der Waals surface area contributed by atoms with Crippen molar-refractivity contribution in [1.29, 1.82) is 0 Å². The number of phenols is 1. The van der Waals surface area contributed by atoms with E-state index < -0.39 is 6.10 Å². The standard InChI is InChI=1S/C29H31ClN2O4/c1-3-16-32-17-25(18-32)36-24-14-10-22(11-15-24)29(34)20(2)28(26-6-4-5-7-27(26)30)31-35-19-21-8-12-23(33)13-9-21/h4-15,25,29,33-34H,2-3,16-19H2,1H3/b31-28+. The summed E-state index contributed by atoms with van der Waals surface area (Å²) in [4.78, 5) is 7.96. The van der Waals surface area contributed by atoms with Crippen molar-refractivity contribution in [3.05, 3.63) is 107 Å². The highest BCUT2D eigenvalue weighted by Gasteiger charge is 2.27. The molecule has 7 heteroatoms. The number of rotatable bonds is 11. The number of likely N-dealkylation sites (tertiary alicyclic amines) is 1. The molecule has 1 heterocycles. The number of aliphatic hydroxyl groups is 1. The van der Waals surface area contributed by atoms with E-state index in [9.17, 15) is 10.2 Å². The van der Waals surface area contributed by atoms with Crippen LogP contribution in [-0.4, -0.2) is 46.6 Å². The predicted molar refractivity (Wildman–Crippen MR) is 143 cm³/mol. The third-order valence-corrected chi connectivity index (χ3v) is 6.38. The van der Waals surface area contributed by atoms with E-state index >= 15 is 0 Å². The molecule has 1 atom stereocenters. The van der Waals surface area contributed by atoms with Crippen molar-refractivity contribution < 1.29 is 19.8 Å². The number of halogens is 1. The van der Waals surface area contributed by atoms with Gasteiger partial charge in [-0.3, -0.25) is 4.90 Å². The zero-order chi connectivity index (χ0) is 25.5. The van der Waals surface area contributed by atoms with Gasteiger partial charge in [-0.25, -0.2) is 0 Å². The molecule has 1 saturated heterocycles. The van der Waals surface area contributed by atoms with E-state index in [1.807, 2.05) is 36.4 Å². The molecule has 0 amide bonds. The van der Waals surface area contributed by atoms with Crippen LogP contribution in [0.4, 0.5) is 0 Å². The molecule has 1 aliphatic heterocycles. The number of ether oxygens (including phenoxy) is 1. The lowest BCUT2D eigenvalue weighted by atomic mass is 9.95. The lowest BCUT2D eigenvalue weighted by Crippen LogP contribution is -2.53. The van der Waals surface area contributed by atoms with E-state index in [2.05, 4.69) is 23.6 Å². The lowest BCUT2D eigenvalue weighted by Gasteiger charge is -2.38. The minimum Gasteiger partial charge on any atom is -0.508 e.